The Morgan fingerprint density at radius 3 is 2.69 bits per heavy atom. The van der Waals surface area contributed by atoms with E-state index in [1.54, 1.807) is 0 Å². The summed E-state index contributed by atoms with van der Waals surface area (Å²) in [5, 5.41) is 5.70. The predicted molar refractivity (Wildman–Crippen MR) is 73.0 cm³/mol. The molecule has 2 nitrogen and oxygen atoms in total. The summed E-state index contributed by atoms with van der Waals surface area (Å²) >= 11 is 1.83. The quantitative estimate of drug-likeness (QED) is 0.788. The monoisotopic (exact) mass is 240 g/mol. The molecule has 0 radical (unpaired) electrons. The van der Waals surface area contributed by atoms with Gasteiger partial charge in [-0.2, -0.15) is 0 Å². The summed E-state index contributed by atoms with van der Waals surface area (Å²) in [6.07, 6.45) is 0. The van der Waals surface area contributed by atoms with Crippen LogP contribution in [0.25, 0.3) is 0 Å². The molecular formula is C13H24N2S. The van der Waals surface area contributed by atoms with Crippen molar-refractivity contribution in [3.8, 4) is 0 Å². The Morgan fingerprint density at radius 2 is 2.12 bits per heavy atom. The van der Waals surface area contributed by atoms with Crippen LogP contribution in [0.15, 0.2) is 17.5 Å². The first-order valence-corrected chi connectivity index (χ1v) is 6.92. The third-order valence-corrected chi connectivity index (χ3v) is 3.83. The zero-order chi connectivity index (χ0) is 12.0. The van der Waals surface area contributed by atoms with Crippen molar-refractivity contribution >= 4 is 11.3 Å². The van der Waals surface area contributed by atoms with Crippen LogP contribution in [0.3, 0.4) is 0 Å². The van der Waals surface area contributed by atoms with Gasteiger partial charge in [-0.3, -0.25) is 0 Å². The van der Waals surface area contributed by atoms with Crippen molar-refractivity contribution in [1.82, 2.24) is 10.2 Å². The minimum absolute atomic E-state index is 0.607. The second-order valence-electron chi connectivity index (χ2n) is 4.80. The van der Waals surface area contributed by atoms with E-state index < -0.39 is 0 Å². The maximum Gasteiger partial charge on any atom is 0.0325 e. The third kappa shape index (κ3) is 5.10. The van der Waals surface area contributed by atoms with Gasteiger partial charge in [0.05, 0.1) is 0 Å². The van der Waals surface area contributed by atoms with Gasteiger partial charge in [-0.05, 0) is 31.3 Å². The first kappa shape index (κ1) is 13.7. The number of nitrogens with one attached hydrogen (secondary N) is 1. The van der Waals surface area contributed by atoms with Gasteiger partial charge in [0.15, 0.2) is 0 Å². The molecule has 0 saturated heterocycles. The smallest absolute Gasteiger partial charge is 0.0325 e. The van der Waals surface area contributed by atoms with Gasteiger partial charge in [-0.15, -0.1) is 11.3 Å². The van der Waals surface area contributed by atoms with Crippen LogP contribution in [-0.2, 0) is 6.54 Å². The van der Waals surface area contributed by atoms with Crippen LogP contribution in [0.1, 0.15) is 25.6 Å². The average molecular weight is 240 g/mol. The Balaban J connectivity index is 2.13. The van der Waals surface area contributed by atoms with E-state index >= 15 is 0 Å². The molecule has 1 rings (SSSR count). The minimum atomic E-state index is 0.607. The molecule has 0 saturated carbocycles. The SMILES string of the molecule is CC(C)C(C)NCCN(C)Cc1cccs1. The Bertz CT molecular complexity index is 269. The molecule has 0 aliphatic heterocycles. The second-order valence-corrected chi connectivity index (χ2v) is 5.84. The van der Waals surface area contributed by atoms with Crippen LogP contribution in [0.2, 0.25) is 0 Å². The number of thiophene rings is 1. The maximum absolute atomic E-state index is 3.55. The van der Waals surface area contributed by atoms with Crippen molar-refractivity contribution in [3.05, 3.63) is 22.4 Å². The Morgan fingerprint density at radius 1 is 1.38 bits per heavy atom. The number of hydrogen-bond acceptors (Lipinski definition) is 3. The molecule has 1 aromatic rings. The fourth-order valence-corrected chi connectivity index (χ4v) is 2.25. The summed E-state index contributed by atoms with van der Waals surface area (Å²) in [7, 11) is 2.18. The van der Waals surface area contributed by atoms with E-state index in [1.165, 1.54) is 4.88 Å². The van der Waals surface area contributed by atoms with Crippen LogP contribution < -0.4 is 5.32 Å². The lowest BCUT2D eigenvalue weighted by Crippen LogP contribution is -2.36. The van der Waals surface area contributed by atoms with Crippen molar-refractivity contribution in [3.63, 3.8) is 0 Å². The van der Waals surface area contributed by atoms with Gasteiger partial charge >= 0.3 is 0 Å². The Hall–Kier alpha value is -0.380. The lowest BCUT2D eigenvalue weighted by molar-refractivity contribution is 0.311. The summed E-state index contributed by atoms with van der Waals surface area (Å²) in [5.41, 5.74) is 0. The Kier molecular flexibility index (Phi) is 6.03. The summed E-state index contributed by atoms with van der Waals surface area (Å²) in [6.45, 7) is 10.0. The predicted octanol–water partition coefficient (Wildman–Crippen LogP) is 2.81. The third-order valence-electron chi connectivity index (χ3n) is 2.97. The minimum Gasteiger partial charge on any atom is -0.313 e. The van der Waals surface area contributed by atoms with Gasteiger partial charge in [-0.1, -0.05) is 19.9 Å². The summed E-state index contributed by atoms with van der Waals surface area (Å²) in [5.74, 6) is 0.711. The normalized spacial score (nSPS) is 13.6. The van der Waals surface area contributed by atoms with Gasteiger partial charge in [0.2, 0.25) is 0 Å². The van der Waals surface area contributed by atoms with Gasteiger partial charge in [-0.25, -0.2) is 0 Å². The highest BCUT2D eigenvalue weighted by Gasteiger charge is 2.06. The van der Waals surface area contributed by atoms with Gasteiger partial charge in [0.1, 0.15) is 0 Å². The van der Waals surface area contributed by atoms with Crippen LogP contribution in [0.5, 0.6) is 0 Å². The van der Waals surface area contributed by atoms with E-state index in [4.69, 9.17) is 0 Å². The number of hydrogen-bond donors (Lipinski definition) is 1. The van der Waals surface area contributed by atoms with Crippen LogP contribution in [0.4, 0.5) is 0 Å². The topological polar surface area (TPSA) is 15.3 Å². The van der Waals surface area contributed by atoms with E-state index in [1.807, 2.05) is 11.3 Å². The molecule has 1 aromatic heterocycles. The maximum atomic E-state index is 3.55. The molecule has 0 aromatic carbocycles. The lowest BCUT2D eigenvalue weighted by Gasteiger charge is -2.20. The summed E-state index contributed by atoms with van der Waals surface area (Å²) < 4.78 is 0. The zero-order valence-corrected chi connectivity index (χ0v) is 11.7. The van der Waals surface area contributed by atoms with Gasteiger partial charge in [0, 0.05) is 30.6 Å². The molecule has 0 spiro atoms. The van der Waals surface area contributed by atoms with E-state index in [0.717, 1.165) is 19.6 Å². The lowest BCUT2D eigenvalue weighted by atomic mass is 10.1. The van der Waals surface area contributed by atoms with Crippen molar-refractivity contribution in [1.29, 1.82) is 0 Å². The Labute approximate surface area is 104 Å². The van der Waals surface area contributed by atoms with Crippen molar-refractivity contribution in [2.45, 2.75) is 33.4 Å². The standard InChI is InChI=1S/C13H24N2S/c1-11(2)12(3)14-7-8-15(4)10-13-6-5-9-16-13/h5-6,9,11-12,14H,7-8,10H2,1-4H3. The highest BCUT2D eigenvalue weighted by Crippen LogP contribution is 2.10. The molecule has 0 amide bonds. The number of likely N-dealkylation sites (N-methyl/N-ethyl adjacent to an activating group) is 1. The van der Waals surface area contributed by atoms with E-state index in [2.05, 4.69) is 55.5 Å². The fraction of sp³-hybridized carbons (Fsp3) is 0.692. The molecule has 0 bridgehead atoms. The van der Waals surface area contributed by atoms with Crippen molar-refractivity contribution in [2.75, 3.05) is 20.1 Å². The molecule has 1 unspecified atom stereocenters. The zero-order valence-electron chi connectivity index (χ0n) is 10.9. The molecule has 3 heteroatoms. The number of nitrogens with zero attached hydrogens (tertiary/aromatic N) is 1. The molecular weight excluding hydrogens is 216 g/mol. The molecule has 0 aliphatic carbocycles. The molecule has 1 heterocycles. The number of rotatable bonds is 7. The summed E-state index contributed by atoms with van der Waals surface area (Å²) in [4.78, 5) is 3.81. The van der Waals surface area contributed by atoms with Gasteiger partial charge in [0.25, 0.3) is 0 Å². The van der Waals surface area contributed by atoms with Crippen LogP contribution >= 0.6 is 11.3 Å². The first-order valence-electron chi connectivity index (χ1n) is 6.04. The molecule has 0 fully saturated rings. The molecule has 1 atom stereocenters. The van der Waals surface area contributed by atoms with Crippen LogP contribution in [-0.4, -0.2) is 31.1 Å². The molecule has 0 aliphatic rings. The van der Waals surface area contributed by atoms with Crippen LogP contribution in [0, 0.1) is 5.92 Å². The van der Waals surface area contributed by atoms with E-state index in [9.17, 15) is 0 Å². The molecule has 1 N–H and O–H groups in total. The molecule has 92 valence electrons. The van der Waals surface area contributed by atoms with E-state index in [0.29, 0.717) is 12.0 Å². The largest absolute Gasteiger partial charge is 0.313 e. The summed E-state index contributed by atoms with van der Waals surface area (Å²) in [6, 6.07) is 4.92. The molecule has 16 heavy (non-hydrogen) atoms. The highest BCUT2D eigenvalue weighted by atomic mass is 32.1. The second kappa shape index (κ2) is 7.05. The average Bonchev–Trinajstić information content (AvgIpc) is 2.70. The van der Waals surface area contributed by atoms with Gasteiger partial charge < -0.3 is 10.2 Å². The van der Waals surface area contributed by atoms with E-state index in [-0.39, 0.29) is 0 Å². The fourth-order valence-electron chi connectivity index (χ4n) is 1.47. The van der Waals surface area contributed by atoms with Crippen molar-refractivity contribution in [2.24, 2.45) is 5.92 Å². The highest BCUT2D eigenvalue weighted by molar-refractivity contribution is 7.09. The van der Waals surface area contributed by atoms with Crippen molar-refractivity contribution < 1.29 is 0 Å². The first-order chi connectivity index (χ1) is 7.59.